The average Bonchev–Trinajstić information content (AvgIpc) is 3.64. The van der Waals surface area contributed by atoms with Crippen LogP contribution in [0.2, 0.25) is 0 Å². The third-order valence-electron chi connectivity index (χ3n) is 13.0. The van der Waals surface area contributed by atoms with Crippen molar-refractivity contribution >= 4 is 36.0 Å². The molecule has 8 rings (SSSR count). The highest BCUT2D eigenvalue weighted by Gasteiger charge is 2.52. The number of carbonyl (C=O) groups excluding carboxylic acids is 3. The Morgan fingerprint density at radius 1 is 0.602 bits per heavy atom. The monoisotopic (exact) mass is 1160 g/mol. The fourth-order valence-electron chi connectivity index (χ4n) is 8.67. The Kier molecular flexibility index (Phi) is 19.5. The van der Waals surface area contributed by atoms with Crippen LogP contribution in [-0.4, -0.2) is 200 Å². The first kappa shape index (κ1) is 60.7. The molecular weight excluding hydrogens is 1110 g/mol. The maximum Gasteiger partial charge on any atom is 0.331 e. The van der Waals surface area contributed by atoms with Crippen LogP contribution in [-0.2, 0) is 52.3 Å². The Balaban J connectivity index is 1.14. The summed E-state index contributed by atoms with van der Waals surface area (Å²) in [5, 5.41) is 117. The van der Waals surface area contributed by atoms with Gasteiger partial charge < -0.3 is 113 Å². The van der Waals surface area contributed by atoms with Crippen molar-refractivity contribution in [1.82, 2.24) is 0 Å². The summed E-state index contributed by atoms with van der Waals surface area (Å²) < 4.78 is 68.5. The average molecular weight is 1170 g/mol. The van der Waals surface area contributed by atoms with E-state index >= 15 is 0 Å². The molecular formula is C55H56O28. The smallest absolute Gasteiger partial charge is 0.331 e. The van der Waals surface area contributed by atoms with Crippen molar-refractivity contribution in [3.63, 3.8) is 0 Å². The molecule has 444 valence electrons. The molecule has 0 aromatic heterocycles. The van der Waals surface area contributed by atoms with Gasteiger partial charge in [-0.25, -0.2) is 9.59 Å². The number of carboxylic acids is 1. The van der Waals surface area contributed by atoms with E-state index in [1.165, 1.54) is 93.1 Å². The predicted molar refractivity (Wildman–Crippen MR) is 275 cm³/mol. The Labute approximate surface area is 468 Å². The first-order chi connectivity index (χ1) is 39.6. The van der Waals surface area contributed by atoms with Gasteiger partial charge in [-0.15, -0.1) is 0 Å². The molecule has 14 atom stereocenters. The summed E-state index contributed by atoms with van der Waals surface area (Å²) in [5.41, 5.74) is -0.0382. The van der Waals surface area contributed by atoms with Gasteiger partial charge in [-0.05, 0) is 77.9 Å². The molecule has 0 spiro atoms. The van der Waals surface area contributed by atoms with Crippen LogP contribution in [0.3, 0.4) is 0 Å². The molecule has 28 nitrogen and oxygen atoms in total. The van der Waals surface area contributed by atoms with Crippen molar-refractivity contribution < 1.29 is 132 Å². The fraction of sp³-hybridized carbons (Fsp3) is 0.364. The summed E-state index contributed by atoms with van der Waals surface area (Å²) in [5.74, 6) is -6.59. The second-order valence-electron chi connectivity index (χ2n) is 18.8. The summed E-state index contributed by atoms with van der Waals surface area (Å²) in [6.45, 7) is -2.27. The minimum atomic E-state index is -2.13. The van der Waals surface area contributed by atoms with Gasteiger partial charge in [0, 0.05) is 29.8 Å². The van der Waals surface area contributed by atoms with E-state index in [0.29, 0.717) is 11.1 Å². The second kappa shape index (κ2) is 26.7. The lowest BCUT2D eigenvalue weighted by molar-refractivity contribution is -0.345. The normalized spacial score (nSPS) is 27.2. The zero-order valence-electron chi connectivity index (χ0n) is 43.6. The first-order valence-electron chi connectivity index (χ1n) is 25.0. The molecule has 3 fully saturated rings. The summed E-state index contributed by atoms with van der Waals surface area (Å²) >= 11 is 0. The van der Waals surface area contributed by atoms with Gasteiger partial charge in [0.1, 0.15) is 91.8 Å². The van der Waals surface area contributed by atoms with Crippen LogP contribution < -0.4 is 24.4 Å². The van der Waals surface area contributed by atoms with E-state index in [-0.39, 0.29) is 57.1 Å². The first-order valence-corrected chi connectivity index (χ1v) is 25.0. The highest BCUT2D eigenvalue weighted by molar-refractivity contribution is 5.90. The lowest BCUT2D eigenvalue weighted by atomic mass is 9.98. The van der Waals surface area contributed by atoms with Crippen LogP contribution in [0.1, 0.15) is 17.5 Å². The van der Waals surface area contributed by atoms with E-state index in [9.17, 15) is 75.0 Å². The molecule has 83 heavy (non-hydrogen) atoms. The number of ether oxygens (including phenoxy) is 11. The summed E-state index contributed by atoms with van der Waals surface area (Å²) in [6, 6.07) is 16.7. The number of hydrogen-bond acceptors (Lipinski definition) is 27. The zero-order chi connectivity index (χ0) is 59.8. The molecule has 3 saturated heterocycles. The molecule has 5 aliphatic rings. The number of aliphatic hydroxyl groups excluding tert-OH is 7. The third kappa shape index (κ3) is 14.6. The molecule has 1 aliphatic carbocycles. The van der Waals surface area contributed by atoms with Crippen LogP contribution in [0, 0.1) is 0 Å². The van der Waals surface area contributed by atoms with Crippen LogP contribution in [0.5, 0.6) is 40.2 Å². The van der Waals surface area contributed by atoms with Crippen molar-refractivity contribution in [3.05, 3.63) is 112 Å². The number of carboxylic acid groups (broad SMARTS) is 1. The number of carbonyl (C=O) groups is 4. The molecule has 0 saturated carbocycles. The molecule has 4 heterocycles. The van der Waals surface area contributed by atoms with Crippen LogP contribution in [0.15, 0.2) is 100 Å². The molecule has 4 aliphatic heterocycles. The number of rotatable bonds is 20. The van der Waals surface area contributed by atoms with E-state index < -0.39 is 147 Å². The third-order valence-corrected chi connectivity index (χ3v) is 13.0. The van der Waals surface area contributed by atoms with Gasteiger partial charge in [-0.2, -0.15) is 0 Å². The quantitative estimate of drug-likeness (QED) is 0.0210. The molecule has 0 radical (unpaired) electrons. The number of phenolic OH excluding ortho intramolecular Hbond substituents is 3. The van der Waals surface area contributed by atoms with E-state index in [0.717, 1.165) is 24.3 Å². The lowest BCUT2D eigenvalue weighted by Gasteiger charge is -2.45. The minimum absolute atomic E-state index is 0.0764. The van der Waals surface area contributed by atoms with Crippen molar-refractivity contribution in [2.75, 3.05) is 34.0 Å². The van der Waals surface area contributed by atoms with Crippen molar-refractivity contribution in [1.29, 1.82) is 0 Å². The van der Waals surface area contributed by atoms with Gasteiger partial charge in [0.25, 0.3) is 0 Å². The summed E-state index contributed by atoms with van der Waals surface area (Å²) in [7, 11) is 2.63. The highest BCUT2D eigenvalue weighted by atomic mass is 16.8. The number of aliphatic carboxylic acids is 1. The topological polar surface area (TPSA) is 423 Å². The molecule has 28 heteroatoms. The standard InChI is InChI=1S/C55H56O28/c1-72-35-15-24(3-11-30(35)58)5-13-41(63)74-22-39-46(68)48(70)52(83-54-51(44(66)32(60)21-76-54)82-42(64)14-6-25-4-12-31(59)36(16-25)73-2)55(81-39)79-37-19-29-33(77-50(37)26-7-9-27(56)10-8-26)17-28(57)18-34(29)78-53-49(71)47(69)45(67)38(80-53)23-75-43(65)20-40(61)62/h3-19,32,38-39,44-49,51-56,58-60,66-71H,20-23H2,1-2H3,(H,61,62)/t32-,38-,39-,44+,45-,46-,47+,48+,49-,51-,52-,53-,54+,55-/m1/s1. The number of aliphatic hydroxyl groups is 7. The Morgan fingerprint density at radius 3 is 1.82 bits per heavy atom. The molecule has 3 aromatic carbocycles. The van der Waals surface area contributed by atoms with Gasteiger partial charge in [0.15, 0.2) is 58.4 Å². The number of benzene rings is 4. The Bertz CT molecular complexity index is 3190. The van der Waals surface area contributed by atoms with Gasteiger partial charge in [0.2, 0.25) is 12.6 Å². The SMILES string of the molecule is COc1cc(C=CC(=O)OC[C@H]2O[C@@H](Oc3cc4c(O[C@@H]5O[C@H](COC(=O)CC(=O)O)[C@@H](O)[C@H](O)[C@H]5O)cc(=O)cc-4oc3-c3ccc(O)cc3)[C@H](O[C@@H]3OC[C@@H](O)[C@H](O)[C@H]3OC(=O)C=Cc3ccc(O)c(OC)c3)[C@@H](O)[C@@H]2O)ccc1O. The predicted octanol–water partition coefficient (Wildman–Crippen LogP) is -0.0795. The van der Waals surface area contributed by atoms with Gasteiger partial charge in [-0.1, -0.05) is 12.1 Å². The molecule has 3 aromatic rings. The lowest BCUT2D eigenvalue weighted by Crippen LogP contribution is -2.64. The van der Waals surface area contributed by atoms with Gasteiger partial charge in [-0.3, -0.25) is 14.4 Å². The van der Waals surface area contributed by atoms with Gasteiger partial charge in [0.05, 0.1) is 26.4 Å². The number of aromatic hydroxyl groups is 3. The number of esters is 3. The molecule has 0 unspecified atom stereocenters. The summed E-state index contributed by atoms with van der Waals surface area (Å²) in [6.07, 6.45) is -23.4. The van der Waals surface area contributed by atoms with E-state index in [1.807, 2.05) is 0 Å². The number of methoxy groups -OCH3 is 2. The number of fused-ring (bicyclic) bond motifs is 1. The van der Waals surface area contributed by atoms with Crippen molar-refractivity contribution in [2.24, 2.45) is 0 Å². The van der Waals surface area contributed by atoms with E-state index in [1.54, 1.807) is 0 Å². The molecule has 0 bridgehead atoms. The fourth-order valence-corrected chi connectivity index (χ4v) is 8.67. The molecule has 11 N–H and O–H groups in total. The second-order valence-corrected chi connectivity index (χ2v) is 18.8. The van der Waals surface area contributed by atoms with E-state index in [4.69, 9.17) is 61.6 Å². The Morgan fingerprint density at radius 2 is 1.19 bits per heavy atom. The van der Waals surface area contributed by atoms with Crippen LogP contribution >= 0.6 is 0 Å². The van der Waals surface area contributed by atoms with Crippen LogP contribution in [0.25, 0.3) is 34.8 Å². The van der Waals surface area contributed by atoms with Crippen molar-refractivity contribution in [3.8, 4) is 62.9 Å². The Hall–Kier alpha value is -8.39. The minimum Gasteiger partial charge on any atom is -0.508 e. The maximum absolute atomic E-state index is 13.4. The van der Waals surface area contributed by atoms with E-state index in [2.05, 4.69) is 0 Å². The zero-order valence-corrected chi connectivity index (χ0v) is 43.6. The summed E-state index contributed by atoms with van der Waals surface area (Å²) in [4.78, 5) is 62.8. The largest absolute Gasteiger partial charge is 0.508 e. The van der Waals surface area contributed by atoms with Crippen LogP contribution in [0.4, 0.5) is 0 Å². The number of hydrogen-bond donors (Lipinski definition) is 11. The van der Waals surface area contributed by atoms with Crippen molar-refractivity contribution in [2.45, 2.75) is 92.4 Å². The highest BCUT2D eigenvalue weighted by Crippen LogP contribution is 2.44. The van der Waals surface area contributed by atoms with Gasteiger partial charge >= 0.3 is 23.9 Å². The number of phenols is 3. The maximum atomic E-state index is 13.4. The molecule has 0 amide bonds.